The molecule has 4 nitrogen and oxygen atoms in total. The smallest absolute Gasteiger partial charge is 0.406 e. The largest absolute Gasteiger partial charge is 0.573 e. The molecular weight excluding hydrogens is 357 g/mol. The van der Waals surface area contributed by atoms with Gasteiger partial charge in [0.25, 0.3) is 5.56 Å². The SMILES string of the molecule is Cn1c(=O)c(C(C)(C)C)nc2ccc(-c3cccc(OC(F)(F)F)c3)cc21. The van der Waals surface area contributed by atoms with Gasteiger partial charge in [-0.3, -0.25) is 4.79 Å². The maximum Gasteiger partial charge on any atom is 0.573 e. The molecular formula is C20H19F3N2O2. The van der Waals surface area contributed by atoms with Crippen molar-refractivity contribution in [2.24, 2.45) is 7.05 Å². The highest BCUT2D eigenvalue weighted by Gasteiger charge is 2.31. The van der Waals surface area contributed by atoms with Crippen LogP contribution in [0.5, 0.6) is 5.75 Å². The summed E-state index contributed by atoms with van der Waals surface area (Å²) in [4.78, 5) is 17.1. The van der Waals surface area contributed by atoms with Gasteiger partial charge in [0.15, 0.2) is 0 Å². The minimum atomic E-state index is -4.75. The molecule has 0 fully saturated rings. The summed E-state index contributed by atoms with van der Waals surface area (Å²) in [5, 5.41) is 0. The number of hydrogen-bond acceptors (Lipinski definition) is 3. The van der Waals surface area contributed by atoms with Crippen molar-refractivity contribution in [3.05, 3.63) is 58.5 Å². The van der Waals surface area contributed by atoms with E-state index in [-0.39, 0.29) is 11.3 Å². The third-order valence-electron chi connectivity index (χ3n) is 4.19. The highest BCUT2D eigenvalue weighted by molar-refractivity contribution is 5.82. The van der Waals surface area contributed by atoms with Gasteiger partial charge in [0.2, 0.25) is 0 Å². The lowest BCUT2D eigenvalue weighted by molar-refractivity contribution is -0.274. The van der Waals surface area contributed by atoms with Crippen molar-refractivity contribution in [2.45, 2.75) is 32.5 Å². The Hall–Kier alpha value is -2.83. The van der Waals surface area contributed by atoms with E-state index >= 15 is 0 Å². The molecule has 27 heavy (non-hydrogen) atoms. The first-order valence-corrected chi connectivity index (χ1v) is 8.33. The standard InChI is InChI=1S/C20H19F3N2O2/c1-19(2,3)17-18(26)25(4)16-11-13(8-9-15(16)24-17)12-6-5-7-14(10-12)27-20(21,22)23/h5-11H,1-4H3. The van der Waals surface area contributed by atoms with E-state index in [1.165, 1.54) is 22.8 Å². The van der Waals surface area contributed by atoms with Crippen LogP contribution in [0.2, 0.25) is 0 Å². The maximum atomic E-state index is 12.6. The zero-order valence-electron chi connectivity index (χ0n) is 15.4. The molecule has 142 valence electrons. The molecule has 7 heteroatoms. The molecule has 3 aromatic rings. The molecule has 1 aromatic heterocycles. The number of rotatable bonds is 2. The summed E-state index contributed by atoms with van der Waals surface area (Å²) in [6.07, 6.45) is -4.75. The van der Waals surface area contributed by atoms with Gasteiger partial charge >= 0.3 is 6.36 Å². The first kappa shape index (κ1) is 18.9. The van der Waals surface area contributed by atoms with E-state index in [1.807, 2.05) is 20.8 Å². The van der Waals surface area contributed by atoms with E-state index in [9.17, 15) is 18.0 Å². The summed E-state index contributed by atoms with van der Waals surface area (Å²) in [6.45, 7) is 5.76. The van der Waals surface area contributed by atoms with Crippen LogP contribution < -0.4 is 10.3 Å². The number of fused-ring (bicyclic) bond motifs is 1. The average molecular weight is 376 g/mol. The van der Waals surface area contributed by atoms with E-state index in [4.69, 9.17) is 0 Å². The number of aryl methyl sites for hydroxylation is 1. The van der Waals surface area contributed by atoms with Gasteiger partial charge in [0.05, 0.1) is 11.0 Å². The van der Waals surface area contributed by atoms with Crippen molar-refractivity contribution in [1.29, 1.82) is 0 Å². The zero-order valence-corrected chi connectivity index (χ0v) is 15.4. The van der Waals surface area contributed by atoms with Gasteiger partial charge in [-0.2, -0.15) is 0 Å². The molecule has 0 saturated heterocycles. The molecule has 0 aliphatic rings. The average Bonchev–Trinajstić information content (AvgIpc) is 2.55. The Morgan fingerprint density at radius 3 is 2.30 bits per heavy atom. The van der Waals surface area contributed by atoms with E-state index in [2.05, 4.69) is 9.72 Å². The summed E-state index contributed by atoms with van der Waals surface area (Å²) >= 11 is 0. The van der Waals surface area contributed by atoms with Crippen LogP contribution in [0.3, 0.4) is 0 Å². The Morgan fingerprint density at radius 2 is 1.67 bits per heavy atom. The first-order chi connectivity index (χ1) is 12.5. The Bertz CT molecular complexity index is 1060. The Balaban J connectivity index is 2.12. The predicted octanol–water partition coefficient (Wildman–Crippen LogP) is 4.80. The second kappa shape index (κ2) is 6.40. The van der Waals surface area contributed by atoms with Crippen LogP contribution in [-0.2, 0) is 12.5 Å². The third kappa shape index (κ3) is 3.97. The topological polar surface area (TPSA) is 44.1 Å². The van der Waals surface area contributed by atoms with Crippen molar-refractivity contribution >= 4 is 11.0 Å². The van der Waals surface area contributed by atoms with Crippen LogP contribution in [0, 0.1) is 0 Å². The van der Waals surface area contributed by atoms with Crippen LogP contribution >= 0.6 is 0 Å². The summed E-state index contributed by atoms with van der Waals surface area (Å²) in [6, 6.07) is 11.0. The van der Waals surface area contributed by atoms with Gasteiger partial charge in [-0.05, 0) is 35.4 Å². The maximum absolute atomic E-state index is 12.6. The van der Waals surface area contributed by atoms with E-state index in [0.29, 0.717) is 27.9 Å². The third-order valence-corrected chi connectivity index (χ3v) is 4.19. The van der Waals surface area contributed by atoms with Crippen LogP contribution in [0.1, 0.15) is 26.5 Å². The highest BCUT2D eigenvalue weighted by atomic mass is 19.4. The molecule has 0 aliphatic heterocycles. The van der Waals surface area contributed by atoms with Crippen molar-refractivity contribution in [3.8, 4) is 16.9 Å². The summed E-state index contributed by atoms with van der Waals surface area (Å²) < 4.78 is 42.8. The lowest BCUT2D eigenvalue weighted by Gasteiger charge is -2.19. The van der Waals surface area contributed by atoms with Gasteiger partial charge in [0.1, 0.15) is 11.4 Å². The van der Waals surface area contributed by atoms with Gasteiger partial charge < -0.3 is 9.30 Å². The van der Waals surface area contributed by atoms with Crippen LogP contribution in [0.15, 0.2) is 47.3 Å². The molecule has 0 spiro atoms. The molecule has 0 saturated carbocycles. The minimum Gasteiger partial charge on any atom is -0.406 e. The number of halogens is 3. The highest BCUT2D eigenvalue weighted by Crippen LogP contribution is 2.29. The number of alkyl halides is 3. The first-order valence-electron chi connectivity index (χ1n) is 8.33. The van der Waals surface area contributed by atoms with Gasteiger partial charge in [-0.15, -0.1) is 13.2 Å². The molecule has 3 rings (SSSR count). The quantitative estimate of drug-likeness (QED) is 0.646. The van der Waals surface area contributed by atoms with Gasteiger partial charge in [0, 0.05) is 12.5 Å². The monoisotopic (exact) mass is 376 g/mol. The van der Waals surface area contributed by atoms with Gasteiger partial charge in [-0.25, -0.2) is 4.98 Å². The molecule has 0 atom stereocenters. The van der Waals surface area contributed by atoms with E-state index < -0.39 is 11.8 Å². The lowest BCUT2D eigenvalue weighted by atomic mass is 9.92. The fourth-order valence-electron chi connectivity index (χ4n) is 2.86. The van der Waals surface area contributed by atoms with Crippen LogP contribution in [0.25, 0.3) is 22.2 Å². The number of ether oxygens (including phenoxy) is 1. The fraction of sp³-hybridized carbons (Fsp3) is 0.300. The van der Waals surface area contributed by atoms with Crippen molar-refractivity contribution in [3.63, 3.8) is 0 Å². The molecule has 0 amide bonds. The fourth-order valence-corrected chi connectivity index (χ4v) is 2.86. The summed E-state index contributed by atoms with van der Waals surface area (Å²) in [5.74, 6) is -0.296. The second-order valence-corrected chi connectivity index (χ2v) is 7.35. The molecule has 0 bridgehead atoms. The number of aromatic nitrogens is 2. The predicted molar refractivity (Wildman–Crippen MR) is 97.8 cm³/mol. The number of hydrogen-bond donors (Lipinski definition) is 0. The second-order valence-electron chi connectivity index (χ2n) is 7.35. The zero-order chi connectivity index (χ0) is 20.0. The van der Waals surface area contributed by atoms with Crippen LogP contribution in [-0.4, -0.2) is 15.9 Å². The Morgan fingerprint density at radius 1 is 1.00 bits per heavy atom. The summed E-state index contributed by atoms with van der Waals surface area (Å²) in [5.41, 5.74) is 2.33. The molecule has 2 aromatic carbocycles. The number of benzene rings is 2. The molecule has 0 unspecified atom stereocenters. The molecule has 0 aliphatic carbocycles. The van der Waals surface area contributed by atoms with Crippen LogP contribution in [0.4, 0.5) is 13.2 Å². The molecule has 0 radical (unpaired) electrons. The van der Waals surface area contributed by atoms with Crippen molar-refractivity contribution in [2.75, 3.05) is 0 Å². The summed E-state index contributed by atoms with van der Waals surface area (Å²) in [7, 11) is 1.66. The minimum absolute atomic E-state index is 0.193. The lowest BCUT2D eigenvalue weighted by Crippen LogP contribution is -2.31. The Labute approximate surface area is 154 Å². The van der Waals surface area contributed by atoms with Gasteiger partial charge in [-0.1, -0.05) is 39.0 Å². The van der Waals surface area contributed by atoms with E-state index in [0.717, 1.165) is 0 Å². The van der Waals surface area contributed by atoms with Crippen molar-refractivity contribution < 1.29 is 17.9 Å². The van der Waals surface area contributed by atoms with Crippen molar-refractivity contribution in [1.82, 2.24) is 9.55 Å². The number of nitrogens with zero attached hydrogens (tertiary/aromatic N) is 2. The normalized spacial score (nSPS) is 12.4. The Kier molecular flexibility index (Phi) is 4.49. The van der Waals surface area contributed by atoms with E-state index in [1.54, 1.807) is 31.3 Å². The molecule has 0 N–H and O–H groups in total. The molecule has 1 heterocycles.